The molecule has 0 spiro atoms. The van der Waals surface area contributed by atoms with Crippen molar-refractivity contribution in [2.45, 2.75) is 46.1 Å². The Hall–Kier alpha value is 0.310. The molecule has 1 N–H and O–H groups in total. The lowest BCUT2D eigenvalue weighted by Gasteiger charge is -2.24. The van der Waals surface area contributed by atoms with Gasteiger partial charge in [-0.05, 0) is 56.1 Å². The van der Waals surface area contributed by atoms with Gasteiger partial charge in [0, 0.05) is 6.04 Å². The van der Waals surface area contributed by atoms with Crippen molar-refractivity contribution < 1.29 is 0 Å². The molecule has 1 aliphatic rings. The van der Waals surface area contributed by atoms with Gasteiger partial charge in [-0.15, -0.1) is 0 Å². The largest absolute Gasteiger partial charge is 0.314 e. The average molecular weight is 215 g/mol. The topological polar surface area (TPSA) is 12.0 Å². The van der Waals surface area contributed by atoms with Gasteiger partial charge in [0.2, 0.25) is 0 Å². The van der Waals surface area contributed by atoms with Crippen LogP contribution in [0.4, 0.5) is 0 Å². The molecule has 1 heterocycles. The Labute approximate surface area is 93.4 Å². The van der Waals surface area contributed by atoms with Gasteiger partial charge in [0.1, 0.15) is 0 Å². The normalized spacial score (nSPS) is 21.4. The number of thioether (sulfide) groups is 1. The third-order valence-electron chi connectivity index (χ3n) is 2.92. The third-order valence-corrected chi connectivity index (χ3v) is 3.97. The first kappa shape index (κ1) is 12.4. The zero-order valence-electron chi connectivity index (χ0n) is 9.88. The molecule has 0 aromatic rings. The first-order valence-electron chi connectivity index (χ1n) is 5.99. The van der Waals surface area contributed by atoms with Crippen LogP contribution in [0.25, 0.3) is 0 Å². The highest BCUT2D eigenvalue weighted by atomic mass is 32.2. The van der Waals surface area contributed by atoms with E-state index in [1.165, 1.54) is 37.3 Å². The fourth-order valence-corrected chi connectivity index (χ4v) is 3.31. The summed E-state index contributed by atoms with van der Waals surface area (Å²) in [7, 11) is 0. The lowest BCUT2D eigenvalue weighted by molar-refractivity contribution is 0.382. The highest BCUT2D eigenvalue weighted by Gasteiger charge is 2.14. The Balaban J connectivity index is 2.06. The van der Waals surface area contributed by atoms with Crippen molar-refractivity contribution in [2.24, 2.45) is 11.8 Å². The van der Waals surface area contributed by atoms with Crippen LogP contribution in [-0.4, -0.2) is 24.1 Å². The van der Waals surface area contributed by atoms with Crippen LogP contribution in [0.15, 0.2) is 0 Å². The molecule has 1 aliphatic heterocycles. The summed E-state index contributed by atoms with van der Waals surface area (Å²) in [5.41, 5.74) is 0. The highest BCUT2D eigenvalue weighted by molar-refractivity contribution is 7.99. The molecular weight excluding hydrogens is 190 g/mol. The van der Waals surface area contributed by atoms with Crippen molar-refractivity contribution in [2.75, 3.05) is 18.1 Å². The maximum atomic E-state index is 3.67. The molecule has 1 rings (SSSR count). The number of rotatable bonds is 5. The molecule has 0 amide bonds. The molecule has 14 heavy (non-hydrogen) atoms. The molecule has 1 saturated heterocycles. The van der Waals surface area contributed by atoms with Crippen LogP contribution in [0, 0.1) is 11.8 Å². The smallest absolute Gasteiger partial charge is 0.00412 e. The van der Waals surface area contributed by atoms with E-state index >= 15 is 0 Å². The van der Waals surface area contributed by atoms with Gasteiger partial charge in [0.05, 0.1) is 0 Å². The van der Waals surface area contributed by atoms with Gasteiger partial charge >= 0.3 is 0 Å². The minimum atomic E-state index is 0.699. The van der Waals surface area contributed by atoms with Gasteiger partial charge in [0.25, 0.3) is 0 Å². The molecule has 2 heteroatoms. The van der Waals surface area contributed by atoms with Gasteiger partial charge < -0.3 is 5.32 Å². The minimum absolute atomic E-state index is 0.699. The summed E-state index contributed by atoms with van der Waals surface area (Å²) in [6, 6.07) is 0.699. The van der Waals surface area contributed by atoms with E-state index in [1.807, 2.05) is 0 Å². The van der Waals surface area contributed by atoms with Crippen LogP contribution in [0.3, 0.4) is 0 Å². The van der Waals surface area contributed by atoms with Crippen LogP contribution < -0.4 is 5.32 Å². The highest BCUT2D eigenvalue weighted by Crippen LogP contribution is 2.22. The van der Waals surface area contributed by atoms with Crippen LogP contribution in [0.1, 0.15) is 40.0 Å². The Morgan fingerprint density at radius 3 is 2.43 bits per heavy atom. The monoisotopic (exact) mass is 215 g/mol. The SMILES string of the molecule is CC(C)CC(C)NCC1CCSCC1. The molecular formula is C12H25NS. The van der Waals surface area contributed by atoms with Crippen molar-refractivity contribution in [3.8, 4) is 0 Å². The van der Waals surface area contributed by atoms with Crippen molar-refractivity contribution in [1.29, 1.82) is 0 Å². The standard InChI is InChI=1S/C12H25NS/c1-10(2)8-11(3)13-9-12-4-6-14-7-5-12/h10-13H,4-9H2,1-3H3. The van der Waals surface area contributed by atoms with Crippen LogP contribution in [0.2, 0.25) is 0 Å². The molecule has 1 unspecified atom stereocenters. The van der Waals surface area contributed by atoms with E-state index in [1.54, 1.807) is 0 Å². The molecule has 84 valence electrons. The first-order chi connectivity index (χ1) is 6.68. The van der Waals surface area contributed by atoms with Crippen LogP contribution >= 0.6 is 11.8 Å². The Morgan fingerprint density at radius 2 is 1.86 bits per heavy atom. The zero-order valence-corrected chi connectivity index (χ0v) is 10.7. The Kier molecular flexibility index (Phi) is 5.95. The van der Waals surface area contributed by atoms with Crippen molar-refractivity contribution in [3.05, 3.63) is 0 Å². The predicted octanol–water partition coefficient (Wildman–Crippen LogP) is 3.15. The fourth-order valence-electron chi connectivity index (χ4n) is 2.11. The van der Waals surface area contributed by atoms with Gasteiger partial charge in [-0.25, -0.2) is 0 Å². The minimum Gasteiger partial charge on any atom is -0.314 e. The van der Waals surface area contributed by atoms with Crippen molar-refractivity contribution in [1.82, 2.24) is 5.32 Å². The zero-order chi connectivity index (χ0) is 10.4. The Morgan fingerprint density at radius 1 is 1.21 bits per heavy atom. The molecule has 1 nitrogen and oxygen atoms in total. The second kappa shape index (κ2) is 6.73. The molecule has 0 aromatic heterocycles. The van der Waals surface area contributed by atoms with Gasteiger partial charge in [-0.2, -0.15) is 11.8 Å². The van der Waals surface area contributed by atoms with Crippen LogP contribution in [-0.2, 0) is 0 Å². The maximum absolute atomic E-state index is 3.67. The summed E-state index contributed by atoms with van der Waals surface area (Å²) in [5, 5.41) is 3.67. The molecule has 1 fully saturated rings. The van der Waals surface area contributed by atoms with E-state index in [2.05, 4.69) is 37.8 Å². The summed E-state index contributed by atoms with van der Waals surface area (Å²) in [6.07, 6.45) is 4.15. The second-order valence-corrected chi connectivity index (χ2v) is 6.22. The summed E-state index contributed by atoms with van der Waals surface area (Å²) < 4.78 is 0. The predicted molar refractivity (Wildman–Crippen MR) is 67.0 cm³/mol. The molecule has 0 aliphatic carbocycles. The van der Waals surface area contributed by atoms with Gasteiger partial charge in [-0.1, -0.05) is 13.8 Å². The quantitative estimate of drug-likeness (QED) is 0.756. The fraction of sp³-hybridized carbons (Fsp3) is 1.00. The number of hydrogen-bond donors (Lipinski definition) is 1. The second-order valence-electron chi connectivity index (χ2n) is 4.99. The summed E-state index contributed by atoms with van der Waals surface area (Å²) in [5.74, 6) is 4.53. The molecule has 0 bridgehead atoms. The van der Waals surface area contributed by atoms with E-state index < -0.39 is 0 Å². The summed E-state index contributed by atoms with van der Waals surface area (Å²) in [6.45, 7) is 8.16. The van der Waals surface area contributed by atoms with E-state index in [4.69, 9.17) is 0 Å². The molecule has 0 radical (unpaired) electrons. The third kappa shape index (κ3) is 5.26. The summed E-state index contributed by atoms with van der Waals surface area (Å²) >= 11 is 2.12. The van der Waals surface area contributed by atoms with Gasteiger partial charge in [0.15, 0.2) is 0 Å². The summed E-state index contributed by atoms with van der Waals surface area (Å²) in [4.78, 5) is 0. The molecule has 0 saturated carbocycles. The lowest BCUT2D eigenvalue weighted by Crippen LogP contribution is -2.33. The Bertz CT molecular complexity index is 141. The average Bonchev–Trinajstić information content (AvgIpc) is 2.15. The lowest BCUT2D eigenvalue weighted by atomic mass is 10.0. The van der Waals surface area contributed by atoms with Crippen LogP contribution in [0.5, 0.6) is 0 Å². The number of nitrogens with one attached hydrogen (secondary N) is 1. The first-order valence-corrected chi connectivity index (χ1v) is 7.15. The van der Waals surface area contributed by atoms with E-state index in [0.717, 1.165) is 11.8 Å². The van der Waals surface area contributed by atoms with E-state index in [-0.39, 0.29) is 0 Å². The van der Waals surface area contributed by atoms with Crippen molar-refractivity contribution in [3.63, 3.8) is 0 Å². The molecule has 0 aromatic carbocycles. The van der Waals surface area contributed by atoms with E-state index in [9.17, 15) is 0 Å². The van der Waals surface area contributed by atoms with Gasteiger partial charge in [-0.3, -0.25) is 0 Å². The van der Waals surface area contributed by atoms with Crippen molar-refractivity contribution >= 4 is 11.8 Å². The number of hydrogen-bond acceptors (Lipinski definition) is 2. The maximum Gasteiger partial charge on any atom is 0.00412 e. The molecule has 1 atom stereocenters. The van der Waals surface area contributed by atoms with E-state index in [0.29, 0.717) is 6.04 Å².